The van der Waals surface area contributed by atoms with Gasteiger partial charge in [-0.25, -0.2) is 0 Å². The third-order valence-corrected chi connectivity index (χ3v) is 8.20. The third-order valence-electron chi connectivity index (χ3n) is 5.78. The Morgan fingerprint density at radius 1 is 0.533 bits per heavy atom. The predicted octanol–water partition coefficient (Wildman–Crippen LogP) is 8.80. The Labute approximate surface area is 211 Å². The highest BCUT2D eigenvalue weighted by molar-refractivity contribution is 9.11. The molecule has 0 aliphatic rings. The molecule has 0 aliphatic heterocycles. The van der Waals surface area contributed by atoms with Crippen LogP contribution in [0.15, 0.2) is 66.4 Å². The Balaban J connectivity index is 2.09. The van der Waals surface area contributed by atoms with E-state index in [2.05, 4.69) is 116 Å². The fraction of sp³-hybridized carbons (Fsp3) is 0.250. The molecule has 0 bridgehead atoms. The molecule has 3 rings (SSSR count). The normalized spacial score (nSPS) is 12.3. The van der Waals surface area contributed by atoms with Crippen LogP contribution >= 0.6 is 63.7 Å². The van der Waals surface area contributed by atoms with Crippen LogP contribution in [0.1, 0.15) is 49.9 Å². The zero-order chi connectivity index (χ0) is 22.4. The average molecular weight is 662 g/mol. The lowest BCUT2D eigenvalue weighted by Crippen LogP contribution is -2.23. The van der Waals surface area contributed by atoms with E-state index in [1.807, 2.05) is 24.3 Å². The topological polar surface area (TPSA) is 40.5 Å². The summed E-state index contributed by atoms with van der Waals surface area (Å²) in [5, 5.41) is 20.2. The SMILES string of the molecule is CC(C)(c1cccc(C(C)(C)c2cc(Br)c(O)c(Br)c2)c1)c1cc(Br)c(O)c(Br)c1. The first-order valence-electron chi connectivity index (χ1n) is 9.33. The average Bonchev–Trinajstić information content (AvgIpc) is 2.69. The molecule has 3 aromatic rings. The zero-order valence-electron chi connectivity index (χ0n) is 17.0. The fourth-order valence-electron chi connectivity index (χ4n) is 3.48. The van der Waals surface area contributed by atoms with Crippen molar-refractivity contribution in [1.82, 2.24) is 0 Å². The molecule has 3 aromatic carbocycles. The maximum atomic E-state index is 10.1. The number of hydrogen-bond acceptors (Lipinski definition) is 2. The lowest BCUT2D eigenvalue weighted by atomic mass is 9.73. The number of phenols is 2. The summed E-state index contributed by atoms with van der Waals surface area (Å²) in [6, 6.07) is 16.5. The summed E-state index contributed by atoms with van der Waals surface area (Å²) in [5.74, 6) is 0.404. The van der Waals surface area contributed by atoms with Crippen molar-refractivity contribution in [3.8, 4) is 11.5 Å². The molecule has 158 valence electrons. The van der Waals surface area contributed by atoms with Crippen molar-refractivity contribution in [3.63, 3.8) is 0 Å². The van der Waals surface area contributed by atoms with Gasteiger partial charge in [0.1, 0.15) is 11.5 Å². The summed E-state index contributed by atoms with van der Waals surface area (Å²) in [6.07, 6.45) is 0. The first-order valence-corrected chi connectivity index (χ1v) is 12.5. The predicted molar refractivity (Wildman–Crippen MR) is 138 cm³/mol. The van der Waals surface area contributed by atoms with Crippen LogP contribution in [0.25, 0.3) is 0 Å². The van der Waals surface area contributed by atoms with Crippen molar-refractivity contribution in [3.05, 3.63) is 88.7 Å². The second-order valence-corrected chi connectivity index (χ2v) is 11.8. The largest absolute Gasteiger partial charge is 0.506 e. The van der Waals surface area contributed by atoms with Gasteiger partial charge < -0.3 is 10.2 Å². The molecule has 0 heterocycles. The maximum absolute atomic E-state index is 10.1. The molecule has 30 heavy (non-hydrogen) atoms. The summed E-state index contributed by atoms with van der Waals surface area (Å²) in [5.41, 5.74) is 3.97. The molecular formula is C24H22Br4O2. The van der Waals surface area contributed by atoms with Crippen LogP contribution in [0.2, 0.25) is 0 Å². The van der Waals surface area contributed by atoms with Crippen LogP contribution in [0.4, 0.5) is 0 Å². The standard InChI is InChI=1S/C24H22Br4O2/c1-23(2,15-9-17(25)21(29)18(26)10-15)13-6-5-7-14(8-13)24(3,4)16-11-19(27)22(30)20(28)12-16/h5-12,29-30H,1-4H3. The minimum absolute atomic E-state index is 0.202. The highest BCUT2D eigenvalue weighted by Gasteiger charge is 2.29. The fourth-order valence-corrected chi connectivity index (χ4v) is 5.86. The van der Waals surface area contributed by atoms with Gasteiger partial charge in [0.2, 0.25) is 0 Å². The van der Waals surface area contributed by atoms with Crippen LogP contribution in [-0.4, -0.2) is 10.2 Å². The summed E-state index contributed by atoms with van der Waals surface area (Å²) in [7, 11) is 0. The Bertz CT molecular complexity index is 989. The Morgan fingerprint density at radius 3 is 1.13 bits per heavy atom. The van der Waals surface area contributed by atoms with Crippen LogP contribution < -0.4 is 0 Å². The van der Waals surface area contributed by atoms with Crippen molar-refractivity contribution in [2.75, 3.05) is 0 Å². The number of halogens is 4. The molecule has 0 fully saturated rings. The minimum atomic E-state index is -0.277. The van der Waals surface area contributed by atoms with Gasteiger partial charge in [0.15, 0.2) is 0 Å². The second-order valence-electron chi connectivity index (χ2n) is 8.41. The Kier molecular flexibility index (Phi) is 6.84. The molecule has 2 N–H and O–H groups in total. The Hall–Kier alpha value is -0.820. The van der Waals surface area contributed by atoms with E-state index in [1.54, 1.807) is 0 Å². The van der Waals surface area contributed by atoms with Gasteiger partial charge in [-0.15, -0.1) is 0 Å². The summed E-state index contributed by atoms with van der Waals surface area (Å²) >= 11 is 13.8. The van der Waals surface area contributed by atoms with E-state index in [4.69, 9.17) is 0 Å². The van der Waals surface area contributed by atoms with Crippen LogP contribution in [0, 0.1) is 0 Å². The number of benzene rings is 3. The van der Waals surface area contributed by atoms with Gasteiger partial charge in [0.05, 0.1) is 17.9 Å². The van der Waals surface area contributed by atoms with Crippen molar-refractivity contribution < 1.29 is 10.2 Å². The van der Waals surface area contributed by atoms with Gasteiger partial charge in [-0.1, -0.05) is 52.0 Å². The van der Waals surface area contributed by atoms with E-state index in [0.717, 1.165) is 11.1 Å². The molecule has 0 amide bonds. The lowest BCUT2D eigenvalue weighted by molar-refractivity contribution is 0.467. The summed E-state index contributed by atoms with van der Waals surface area (Å²) in [4.78, 5) is 0. The zero-order valence-corrected chi connectivity index (χ0v) is 23.4. The van der Waals surface area contributed by atoms with E-state index in [1.165, 1.54) is 11.1 Å². The van der Waals surface area contributed by atoms with Gasteiger partial charge in [0.25, 0.3) is 0 Å². The van der Waals surface area contributed by atoms with E-state index in [0.29, 0.717) is 17.9 Å². The minimum Gasteiger partial charge on any atom is -0.506 e. The quantitative estimate of drug-likeness (QED) is 0.294. The lowest BCUT2D eigenvalue weighted by Gasteiger charge is -2.31. The highest BCUT2D eigenvalue weighted by Crippen LogP contribution is 2.43. The van der Waals surface area contributed by atoms with Gasteiger partial charge >= 0.3 is 0 Å². The second kappa shape index (κ2) is 8.61. The molecule has 0 unspecified atom stereocenters. The summed E-state index contributed by atoms with van der Waals surface area (Å²) < 4.78 is 2.65. The molecule has 0 saturated carbocycles. The molecule has 0 radical (unpaired) electrons. The van der Waals surface area contributed by atoms with Crippen molar-refractivity contribution >= 4 is 63.7 Å². The van der Waals surface area contributed by atoms with Crippen molar-refractivity contribution in [1.29, 1.82) is 0 Å². The number of phenolic OH excluding ortho intramolecular Hbond substituents is 2. The molecule has 0 spiro atoms. The van der Waals surface area contributed by atoms with Crippen molar-refractivity contribution in [2.24, 2.45) is 0 Å². The van der Waals surface area contributed by atoms with E-state index >= 15 is 0 Å². The molecule has 2 nitrogen and oxygen atoms in total. The Morgan fingerprint density at radius 2 is 0.833 bits per heavy atom. The first kappa shape index (κ1) is 23.8. The molecule has 6 heteroatoms. The van der Waals surface area contributed by atoms with Crippen LogP contribution in [-0.2, 0) is 10.8 Å². The van der Waals surface area contributed by atoms with Crippen LogP contribution in [0.3, 0.4) is 0 Å². The monoisotopic (exact) mass is 658 g/mol. The van der Waals surface area contributed by atoms with E-state index < -0.39 is 0 Å². The molecule has 0 saturated heterocycles. The smallest absolute Gasteiger partial charge is 0.143 e. The molecule has 0 aromatic heterocycles. The van der Waals surface area contributed by atoms with Gasteiger partial charge in [-0.05, 0) is 110 Å². The van der Waals surface area contributed by atoms with Crippen LogP contribution in [0.5, 0.6) is 11.5 Å². The van der Waals surface area contributed by atoms with Crippen molar-refractivity contribution in [2.45, 2.75) is 38.5 Å². The van der Waals surface area contributed by atoms with Gasteiger partial charge in [-0.2, -0.15) is 0 Å². The third kappa shape index (κ3) is 4.38. The summed E-state index contributed by atoms with van der Waals surface area (Å²) in [6.45, 7) is 8.71. The molecule has 0 aliphatic carbocycles. The highest BCUT2D eigenvalue weighted by atomic mass is 79.9. The number of rotatable bonds is 4. The maximum Gasteiger partial charge on any atom is 0.143 e. The molecule has 0 atom stereocenters. The van der Waals surface area contributed by atoms with Gasteiger partial charge in [-0.3, -0.25) is 0 Å². The number of hydrogen-bond donors (Lipinski definition) is 2. The van der Waals surface area contributed by atoms with E-state index in [9.17, 15) is 10.2 Å². The molecular weight excluding hydrogens is 640 g/mol. The first-order chi connectivity index (χ1) is 13.9. The van der Waals surface area contributed by atoms with Gasteiger partial charge in [0, 0.05) is 10.8 Å². The number of aromatic hydroxyl groups is 2. The van der Waals surface area contributed by atoms with E-state index in [-0.39, 0.29) is 22.3 Å².